The van der Waals surface area contributed by atoms with Crippen LogP contribution in [0.3, 0.4) is 0 Å². The van der Waals surface area contributed by atoms with Crippen LogP contribution in [0.4, 0.5) is 0 Å². The molecule has 0 amide bonds. The van der Waals surface area contributed by atoms with Gasteiger partial charge in [0.05, 0.1) is 11.4 Å². The van der Waals surface area contributed by atoms with Crippen molar-refractivity contribution in [2.75, 3.05) is 0 Å². The number of aromatic nitrogens is 4. The molecule has 0 aliphatic heterocycles. The Morgan fingerprint density at radius 2 is 1.32 bits per heavy atom. The molecular weight excluding hydrogens is 416 g/mol. The normalized spacial score (nSPS) is 9.91. The summed E-state index contributed by atoms with van der Waals surface area (Å²) in [6, 6.07) is 6.84. The summed E-state index contributed by atoms with van der Waals surface area (Å²) >= 11 is 6.19. The minimum atomic E-state index is -0.387. The minimum absolute atomic E-state index is 0.0486. The number of nitrogens with zero attached hydrogens (tertiary/aromatic N) is 4. The number of carbonyl (C=O) groups is 2. The molecule has 2 aromatic heterocycles. The highest BCUT2D eigenvalue weighted by Crippen LogP contribution is 2.13. The zero-order valence-corrected chi connectivity index (χ0v) is 15.4. The van der Waals surface area contributed by atoms with Crippen molar-refractivity contribution >= 4 is 43.4 Å². The molecule has 0 fully saturated rings. The third kappa shape index (κ3) is 6.07. The van der Waals surface area contributed by atoms with Crippen LogP contribution in [0.15, 0.2) is 24.3 Å². The summed E-state index contributed by atoms with van der Waals surface area (Å²) in [4.78, 5) is 21.9. The van der Waals surface area contributed by atoms with E-state index in [4.69, 9.17) is 0 Å². The van der Waals surface area contributed by atoms with Crippen molar-refractivity contribution in [2.24, 2.45) is 0 Å². The van der Waals surface area contributed by atoms with Crippen LogP contribution in [0, 0.1) is 13.8 Å². The number of hydrogen-bond acceptors (Lipinski definition) is 6. The molecule has 0 aliphatic carbocycles. The van der Waals surface area contributed by atoms with Crippen molar-refractivity contribution in [3.63, 3.8) is 0 Å². The van der Waals surface area contributed by atoms with Crippen molar-refractivity contribution in [1.29, 1.82) is 0 Å². The van der Waals surface area contributed by atoms with E-state index < -0.39 is 0 Å². The molecule has 2 rings (SSSR count). The zero-order chi connectivity index (χ0) is 16.7. The first-order valence-electron chi connectivity index (χ1n) is 6.25. The highest BCUT2D eigenvalue weighted by molar-refractivity contribution is 9.25. The summed E-state index contributed by atoms with van der Waals surface area (Å²) in [5.41, 5.74) is 2.40. The second kappa shape index (κ2) is 8.79. The number of Topliss-reactive ketones (excluding diaryl/α,β-unsaturated/α-hetero) is 2. The van der Waals surface area contributed by atoms with E-state index in [1.807, 2.05) is 13.8 Å². The number of carbonyl (C=O) groups excluding carboxylic acids is 2. The lowest BCUT2D eigenvalue weighted by atomic mass is 10.3. The van der Waals surface area contributed by atoms with Crippen LogP contribution < -0.4 is 0 Å². The second-order valence-electron chi connectivity index (χ2n) is 4.34. The van der Waals surface area contributed by atoms with Crippen LogP contribution in [-0.4, -0.2) is 35.7 Å². The van der Waals surface area contributed by atoms with Gasteiger partial charge < -0.3 is 0 Å². The van der Waals surface area contributed by atoms with E-state index in [9.17, 15) is 9.59 Å². The van der Waals surface area contributed by atoms with Gasteiger partial charge in [-0.3, -0.25) is 9.59 Å². The fourth-order valence-corrected chi connectivity index (χ4v) is 1.70. The molecule has 0 saturated carbocycles. The summed E-state index contributed by atoms with van der Waals surface area (Å²) in [7, 11) is 0. The largest absolute Gasteiger partial charge is 0.293 e. The zero-order valence-electron chi connectivity index (χ0n) is 12.2. The first-order chi connectivity index (χ1) is 10.3. The molecule has 0 aliphatic rings. The third-order valence-electron chi connectivity index (χ3n) is 2.41. The molecule has 0 radical (unpaired) electrons. The van der Waals surface area contributed by atoms with Crippen molar-refractivity contribution in [3.8, 4) is 0 Å². The summed E-state index contributed by atoms with van der Waals surface area (Å²) in [5, 5.41) is 14.9. The Morgan fingerprint density at radius 1 is 0.864 bits per heavy atom. The number of ketones is 2. The van der Waals surface area contributed by atoms with Gasteiger partial charge in [-0.05, 0) is 38.1 Å². The van der Waals surface area contributed by atoms with E-state index in [0.29, 0.717) is 11.4 Å². The summed E-state index contributed by atoms with van der Waals surface area (Å²) < 4.78 is -0.387. The molecule has 0 N–H and O–H groups in total. The number of halogens is 2. The lowest BCUT2D eigenvalue weighted by Crippen LogP contribution is -2.10. The highest BCUT2D eigenvalue weighted by atomic mass is 79.9. The summed E-state index contributed by atoms with van der Waals surface area (Å²) in [5.74, 6) is -0.171. The number of alkyl halides is 2. The van der Waals surface area contributed by atoms with Crippen molar-refractivity contribution in [3.05, 3.63) is 47.0 Å². The molecule has 0 bridgehead atoms. The van der Waals surface area contributed by atoms with Gasteiger partial charge in [-0.25, -0.2) is 0 Å². The third-order valence-corrected chi connectivity index (χ3v) is 3.24. The SMILES string of the molecule is CC(=O)c1ccc(C)nn1.Cc1ccc(C(=O)C(Br)Br)nn1. The van der Waals surface area contributed by atoms with E-state index in [1.54, 1.807) is 24.3 Å². The molecule has 0 unspecified atom stereocenters. The van der Waals surface area contributed by atoms with Gasteiger partial charge in [-0.2, -0.15) is 10.2 Å². The predicted molar refractivity (Wildman–Crippen MR) is 89.5 cm³/mol. The van der Waals surface area contributed by atoms with Crippen molar-refractivity contribution in [2.45, 2.75) is 24.5 Å². The lowest BCUT2D eigenvalue weighted by molar-refractivity contribution is 0.0999. The van der Waals surface area contributed by atoms with Gasteiger partial charge >= 0.3 is 0 Å². The maximum atomic E-state index is 11.3. The van der Waals surface area contributed by atoms with E-state index in [2.05, 4.69) is 52.3 Å². The number of hydrogen-bond donors (Lipinski definition) is 0. The average molecular weight is 430 g/mol. The Hall–Kier alpha value is -1.54. The van der Waals surface area contributed by atoms with Crippen LogP contribution in [0.2, 0.25) is 0 Å². The van der Waals surface area contributed by atoms with E-state index in [0.717, 1.165) is 11.4 Å². The van der Waals surface area contributed by atoms with E-state index in [-0.39, 0.29) is 15.3 Å². The lowest BCUT2D eigenvalue weighted by Gasteiger charge is -1.98. The molecule has 6 nitrogen and oxygen atoms in total. The summed E-state index contributed by atoms with van der Waals surface area (Å²) in [6.45, 7) is 5.12. The molecule has 0 atom stereocenters. The fraction of sp³-hybridized carbons (Fsp3) is 0.286. The topological polar surface area (TPSA) is 85.7 Å². The molecule has 0 spiro atoms. The molecule has 22 heavy (non-hydrogen) atoms. The molecule has 0 saturated heterocycles. The average Bonchev–Trinajstić information content (AvgIpc) is 2.48. The van der Waals surface area contributed by atoms with Gasteiger partial charge in [0, 0.05) is 6.92 Å². The van der Waals surface area contributed by atoms with Gasteiger partial charge in [0.1, 0.15) is 15.1 Å². The van der Waals surface area contributed by atoms with Crippen LogP contribution in [-0.2, 0) is 0 Å². The van der Waals surface area contributed by atoms with Crippen LogP contribution in [0.1, 0.15) is 39.3 Å². The maximum absolute atomic E-state index is 11.3. The second-order valence-corrected chi connectivity index (χ2v) is 7.40. The maximum Gasteiger partial charge on any atom is 0.207 e. The molecule has 2 aromatic rings. The molecule has 0 aromatic carbocycles. The molecule has 8 heteroatoms. The molecule has 116 valence electrons. The Labute approximate surface area is 145 Å². The Morgan fingerprint density at radius 3 is 1.64 bits per heavy atom. The first kappa shape index (κ1) is 18.5. The smallest absolute Gasteiger partial charge is 0.207 e. The Kier molecular flexibility index (Phi) is 7.40. The molecular formula is C14H14Br2N4O2. The van der Waals surface area contributed by atoms with Crippen molar-refractivity contribution < 1.29 is 9.59 Å². The Balaban J connectivity index is 0.000000224. The fourth-order valence-electron chi connectivity index (χ4n) is 1.23. The van der Waals surface area contributed by atoms with Gasteiger partial charge in [0.2, 0.25) is 5.78 Å². The van der Waals surface area contributed by atoms with Crippen molar-refractivity contribution in [1.82, 2.24) is 20.4 Å². The number of aryl methyl sites for hydroxylation is 2. The standard InChI is InChI=1S/C7H6Br2N2O.C7H8N2O/c1-4-2-3-5(11-10-4)6(12)7(8)9;1-5-3-4-7(6(2)10)9-8-5/h2-3,7H,1H3;3-4H,1-2H3. The van der Waals surface area contributed by atoms with Gasteiger partial charge in [-0.1, -0.05) is 31.9 Å². The Bertz CT molecular complexity index is 643. The van der Waals surface area contributed by atoms with Crippen LogP contribution in [0.25, 0.3) is 0 Å². The molecule has 2 heterocycles. The van der Waals surface area contributed by atoms with Gasteiger partial charge in [-0.15, -0.1) is 10.2 Å². The monoisotopic (exact) mass is 428 g/mol. The van der Waals surface area contributed by atoms with E-state index in [1.165, 1.54) is 6.92 Å². The van der Waals surface area contributed by atoms with Crippen LogP contribution in [0.5, 0.6) is 0 Å². The van der Waals surface area contributed by atoms with Crippen LogP contribution >= 0.6 is 31.9 Å². The highest BCUT2D eigenvalue weighted by Gasteiger charge is 2.14. The van der Waals surface area contributed by atoms with Gasteiger partial charge in [0.15, 0.2) is 5.78 Å². The quantitative estimate of drug-likeness (QED) is 0.550. The number of rotatable bonds is 3. The first-order valence-corrected chi connectivity index (χ1v) is 8.08. The van der Waals surface area contributed by atoms with Gasteiger partial charge in [0.25, 0.3) is 0 Å². The minimum Gasteiger partial charge on any atom is -0.293 e. The predicted octanol–water partition coefficient (Wildman–Crippen LogP) is 3.07. The van der Waals surface area contributed by atoms with E-state index >= 15 is 0 Å². The summed E-state index contributed by atoms with van der Waals surface area (Å²) in [6.07, 6.45) is 0.